The van der Waals surface area contributed by atoms with Gasteiger partial charge in [-0.2, -0.15) is 26.3 Å². The van der Waals surface area contributed by atoms with Crippen LogP contribution in [0.2, 0.25) is 0 Å². The first-order valence-electron chi connectivity index (χ1n) is 6.23. The van der Waals surface area contributed by atoms with Crippen LogP contribution in [0.15, 0.2) is 16.8 Å². The zero-order chi connectivity index (χ0) is 18.5. The van der Waals surface area contributed by atoms with Gasteiger partial charge in [-0.15, -0.1) is 0 Å². The molecule has 1 aromatic carbocycles. The lowest BCUT2D eigenvalue weighted by Gasteiger charge is -2.26. The number of aromatic nitrogens is 1. The second-order valence-electron chi connectivity index (χ2n) is 5.29. The highest BCUT2D eigenvalue weighted by Gasteiger charge is 2.47. The van der Waals surface area contributed by atoms with Gasteiger partial charge in [-0.25, -0.2) is 4.79 Å². The highest BCUT2D eigenvalue weighted by molar-refractivity contribution is 5.85. The average molecular weight is 357 g/mol. The Morgan fingerprint density at radius 1 is 1.17 bits per heavy atom. The molecule has 1 N–H and O–H groups in total. The molecule has 0 bridgehead atoms. The van der Waals surface area contributed by atoms with Gasteiger partial charge in [-0.05, 0) is 19.9 Å². The minimum absolute atomic E-state index is 0.355. The molecular formula is C13H9F6NO4. The highest BCUT2D eigenvalue weighted by Crippen LogP contribution is 2.48. The van der Waals surface area contributed by atoms with Crippen LogP contribution in [0.25, 0.3) is 11.0 Å². The number of rotatable bonds is 3. The number of hydrogen-bond donors (Lipinski definition) is 1. The molecule has 0 spiro atoms. The number of benzene rings is 1. The molecule has 2 rings (SSSR count). The van der Waals surface area contributed by atoms with E-state index in [0.29, 0.717) is 12.3 Å². The van der Waals surface area contributed by atoms with E-state index >= 15 is 0 Å². The van der Waals surface area contributed by atoms with Crippen LogP contribution >= 0.6 is 0 Å². The van der Waals surface area contributed by atoms with Gasteiger partial charge in [0.05, 0.1) is 11.8 Å². The molecule has 0 aliphatic rings. The number of hydrogen-bond acceptors (Lipinski definition) is 4. The zero-order valence-electron chi connectivity index (χ0n) is 12.0. The first kappa shape index (κ1) is 17.9. The molecule has 11 heteroatoms. The van der Waals surface area contributed by atoms with Crippen molar-refractivity contribution >= 4 is 16.9 Å². The summed E-state index contributed by atoms with van der Waals surface area (Å²) < 4.78 is 88.5. The third-order valence-corrected chi connectivity index (χ3v) is 3.06. The van der Waals surface area contributed by atoms with E-state index in [1.807, 2.05) is 0 Å². The summed E-state index contributed by atoms with van der Waals surface area (Å²) in [4.78, 5) is 11.0. The Hall–Kier alpha value is -2.46. The minimum Gasteiger partial charge on any atom is -0.478 e. The quantitative estimate of drug-likeness (QED) is 0.837. The van der Waals surface area contributed by atoms with Crippen LogP contribution in [0.5, 0.6) is 5.75 Å². The van der Waals surface area contributed by atoms with Crippen LogP contribution in [-0.4, -0.2) is 21.8 Å². The van der Waals surface area contributed by atoms with Crippen LogP contribution in [0.4, 0.5) is 26.3 Å². The van der Waals surface area contributed by atoms with Gasteiger partial charge in [-0.1, -0.05) is 5.16 Å². The summed E-state index contributed by atoms with van der Waals surface area (Å²) >= 11 is 0. The van der Waals surface area contributed by atoms with Gasteiger partial charge in [-0.3, -0.25) is 0 Å². The SMILES string of the molecule is CC(C)(Oc1c(C(F)(F)F)cc2cnoc2c1C(F)(F)F)C(=O)O. The van der Waals surface area contributed by atoms with Crippen molar-refractivity contribution < 1.29 is 45.5 Å². The van der Waals surface area contributed by atoms with E-state index in [1.54, 1.807) is 0 Å². The summed E-state index contributed by atoms with van der Waals surface area (Å²) in [6.07, 6.45) is -9.84. The third-order valence-electron chi connectivity index (χ3n) is 3.06. The van der Waals surface area contributed by atoms with Gasteiger partial charge < -0.3 is 14.4 Å². The van der Waals surface area contributed by atoms with Crippen LogP contribution in [-0.2, 0) is 17.1 Å². The summed E-state index contributed by atoms with van der Waals surface area (Å²) in [6, 6.07) is 0.355. The molecule has 0 saturated heterocycles. The van der Waals surface area contributed by atoms with Crippen molar-refractivity contribution in [2.24, 2.45) is 0 Å². The highest BCUT2D eigenvalue weighted by atomic mass is 19.4. The topological polar surface area (TPSA) is 72.6 Å². The standard InChI is InChI=1S/C13H9F6NO4/c1-11(2,10(21)22)23-9-6(12(14,15)16)3-5-4-20-24-8(5)7(9)13(17,18)19/h3-4H,1-2H3,(H,21,22). The van der Waals surface area contributed by atoms with Gasteiger partial charge >= 0.3 is 18.3 Å². The first-order chi connectivity index (χ1) is 10.7. The summed E-state index contributed by atoms with van der Waals surface area (Å²) in [5.74, 6) is -3.42. The molecular weight excluding hydrogens is 348 g/mol. The van der Waals surface area contributed by atoms with Gasteiger partial charge in [0, 0.05) is 5.39 Å². The van der Waals surface area contributed by atoms with Gasteiger partial charge in [0.15, 0.2) is 11.2 Å². The normalized spacial score (nSPS) is 13.3. The van der Waals surface area contributed by atoms with E-state index in [9.17, 15) is 31.1 Å². The number of aliphatic carboxylic acids is 1. The van der Waals surface area contributed by atoms with E-state index in [2.05, 4.69) is 14.4 Å². The molecule has 0 fully saturated rings. The maximum Gasteiger partial charge on any atom is 0.423 e. The lowest BCUT2D eigenvalue weighted by Crippen LogP contribution is -2.39. The molecule has 132 valence electrons. The number of fused-ring (bicyclic) bond motifs is 1. The number of alkyl halides is 6. The molecule has 24 heavy (non-hydrogen) atoms. The second kappa shape index (κ2) is 5.28. The van der Waals surface area contributed by atoms with Crippen molar-refractivity contribution in [3.8, 4) is 5.75 Å². The van der Waals surface area contributed by atoms with Crippen LogP contribution in [0, 0.1) is 0 Å². The number of carboxylic acids is 1. The van der Waals surface area contributed by atoms with Crippen LogP contribution < -0.4 is 4.74 Å². The van der Waals surface area contributed by atoms with Crippen molar-refractivity contribution in [1.82, 2.24) is 5.16 Å². The van der Waals surface area contributed by atoms with E-state index in [1.165, 1.54) is 0 Å². The Morgan fingerprint density at radius 2 is 1.75 bits per heavy atom. The minimum atomic E-state index is -5.30. The molecule has 2 aromatic rings. The number of halogens is 6. The number of nitrogens with zero attached hydrogens (tertiary/aromatic N) is 1. The van der Waals surface area contributed by atoms with Crippen molar-refractivity contribution in [1.29, 1.82) is 0 Å². The molecule has 0 radical (unpaired) electrons. The molecule has 0 atom stereocenters. The number of carbonyl (C=O) groups is 1. The summed E-state index contributed by atoms with van der Waals surface area (Å²) in [5, 5.41) is 11.5. The second-order valence-corrected chi connectivity index (χ2v) is 5.29. The molecule has 0 saturated carbocycles. The monoisotopic (exact) mass is 357 g/mol. The van der Waals surface area contributed by atoms with Gasteiger partial charge in [0.25, 0.3) is 0 Å². The fourth-order valence-corrected chi connectivity index (χ4v) is 1.87. The first-order valence-corrected chi connectivity index (χ1v) is 6.23. The Kier molecular flexibility index (Phi) is 3.94. The van der Waals surface area contributed by atoms with E-state index < -0.39 is 51.8 Å². The predicted octanol–water partition coefficient (Wildman–Crippen LogP) is 4.11. The maximum absolute atomic E-state index is 13.3. The van der Waals surface area contributed by atoms with Crippen LogP contribution in [0.1, 0.15) is 25.0 Å². The van der Waals surface area contributed by atoms with E-state index in [-0.39, 0.29) is 0 Å². The lowest BCUT2D eigenvalue weighted by molar-refractivity contribution is -0.158. The van der Waals surface area contributed by atoms with E-state index in [0.717, 1.165) is 13.8 Å². The number of ether oxygens (including phenoxy) is 1. The van der Waals surface area contributed by atoms with E-state index in [4.69, 9.17) is 5.11 Å². The van der Waals surface area contributed by atoms with Gasteiger partial charge in [0.2, 0.25) is 0 Å². The van der Waals surface area contributed by atoms with Crippen molar-refractivity contribution in [3.63, 3.8) is 0 Å². The fraction of sp³-hybridized carbons (Fsp3) is 0.385. The molecule has 0 aliphatic carbocycles. The van der Waals surface area contributed by atoms with Gasteiger partial charge in [0.1, 0.15) is 11.3 Å². The van der Waals surface area contributed by atoms with Crippen molar-refractivity contribution in [2.75, 3.05) is 0 Å². The molecule has 1 heterocycles. The Labute approximate surface area is 129 Å². The lowest BCUT2D eigenvalue weighted by atomic mass is 10.0. The summed E-state index contributed by atoms with van der Waals surface area (Å²) in [6.45, 7) is 1.64. The summed E-state index contributed by atoms with van der Waals surface area (Å²) in [5.41, 5.74) is -6.99. The molecule has 5 nitrogen and oxygen atoms in total. The third kappa shape index (κ3) is 3.10. The van der Waals surface area contributed by atoms with Crippen molar-refractivity contribution in [2.45, 2.75) is 31.8 Å². The Balaban J connectivity index is 2.89. The Bertz CT molecular complexity index is 790. The molecule has 1 aromatic heterocycles. The fourth-order valence-electron chi connectivity index (χ4n) is 1.87. The summed E-state index contributed by atoms with van der Waals surface area (Å²) in [7, 11) is 0. The zero-order valence-corrected chi connectivity index (χ0v) is 12.0. The van der Waals surface area contributed by atoms with Crippen LogP contribution in [0.3, 0.4) is 0 Å². The van der Waals surface area contributed by atoms with Crippen molar-refractivity contribution in [3.05, 3.63) is 23.4 Å². The number of carboxylic acid groups (broad SMARTS) is 1. The molecule has 0 amide bonds. The Morgan fingerprint density at radius 3 is 2.21 bits per heavy atom. The maximum atomic E-state index is 13.3. The molecule has 0 unspecified atom stereocenters. The molecule has 0 aliphatic heterocycles. The largest absolute Gasteiger partial charge is 0.478 e. The average Bonchev–Trinajstić information content (AvgIpc) is 2.81. The smallest absolute Gasteiger partial charge is 0.423 e. The predicted molar refractivity (Wildman–Crippen MR) is 66.4 cm³/mol.